The number of aryl methyl sites for hydroxylation is 1. The molecule has 4 rings (SSSR count). The third kappa shape index (κ3) is 3.35. The first-order chi connectivity index (χ1) is 13.5. The van der Waals surface area contributed by atoms with Gasteiger partial charge in [0, 0.05) is 29.7 Å². The lowest BCUT2D eigenvalue weighted by Gasteiger charge is -2.07. The van der Waals surface area contributed by atoms with Gasteiger partial charge in [-0.2, -0.15) is 0 Å². The van der Waals surface area contributed by atoms with Gasteiger partial charge in [-0.1, -0.05) is 12.1 Å². The van der Waals surface area contributed by atoms with E-state index in [1.807, 2.05) is 0 Å². The summed E-state index contributed by atoms with van der Waals surface area (Å²) in [5.41, 5.74) is 1.98. The molecule has 0 spiro atoms. The smallest absolute Gasteiger partial charge is 0.257 e. The summed E-state index contributed by atoms with van der Waals surface area (Å²) in [5, 5.41) is 5.55. The fraction of sp³-hybridized carbons (Fsp3) is 0.100. The van der Waals surface area contributed by atoms with Gasteiger partial charge in [0.25, 0.3) is 5.91 Å². The fourth-order valence-corrected chi connectivity index (χ4v) is 2.92. The van der Waals surface area contributed by atoms with E-state index in [4.69, 9.17) is 4.42 Å². The van der Waals surface area contributed by atoms with Crippen molar-refractivity contribution in [1.29, 1.82) is 0 Å². The number of nitrogens with zero attached hydrogens (tertiary/aromatic N) is 1. The van der Waals surface area contributed by atoms with Gasteiger partial charge in [-0.25, -0.2) is 4.98 Å². The second-order valence-electron chi connectivity index (χ2n) is 6.22. The van der Waals surface area contributed by atoms with Gasteiger partial charge in [0.15, 0.2) is 11.5 Å². The highest BCUT2D eigenvalue weighted by Crippen LogP contribution is 2.19. The molecule has 0 fully saturated rings. The van der Waals surface area contributed by atoms with E-state index in [2.05, 4.69) is 20.6 Å². The molecular weight excluding hydrogens is 360 g/mol. The van der Waals surface area contributed by atoms with Crippen LogP contribution in [0.5, 0.6) is 0 Å². The van der Waals surface area contributed by atoms with Crippen molar-refractivity contribution in [3.8, 4) is 0 Å². The van der Waals surface area contributed by atoms with Gasteiger partial charge in [0.05, 0.1) is 6.54 Å². The van der Waals surface area contributed by atoms with Gasteiger partial charge in [-0.3, -0.25) is 14.4 Å². The van der Waals surface area contributed by atoms with E-state index in [0.29, 0.717) is 33.6 Å². The van der Waals surface area contributed by atoms with E-state index in [-0.39, 0.29) is 17.5 Å². The van der Waals surface area contributed by atoms with Gasteiger partial charge in [-0.05, 0) is 30.3 Å². The number of hydrogen-bond acceptors (Lipinski definition) is 5. The van der Waals surface area contributed by atoms with Crippen molar-refractivity contribution in [2.75, 3.05) is 11.9 Å². The number of hydrogen-bond donors (Lipinski definition) is 3. The maximum Gasteiger partial charge on any atom is 0.257 e. The molecule has 0 aliphatic heterocycles. The van der Waals surface area contributed by atoms with Crippen LogP contribution in [0, 0.1) is 6.92 Å². The van der Waals surface area contributed by atoms with Crippen LogP contribution in [0.2, 0.25) is 0 Å². The zero-order chi connectivity index (χ0) is 19.7. The zero-order valence-electron chi connectivity index (χ0n) is 14.9. The Morgan fingerprint density at radius 3 is 2.86 bits per heavy atom. The highest BCUT2D eigenvalue weighted by Gasteiger charge is 2.14. The topological polar surface area (TPSA) is 117 Å². The molecule has 8 heteroatoms. The molecule has 2 aromatic carbocycles. The van der Waals surface area contributed by atoms with Gasteiger partial charge < -0.3 is 20.0 Å². The largest absolute Gasteiger partial charge is 0.441 e. The lowest BCUT2D eigenvalue weighted by Crippen LogP contribution is -2.35. The second-order valence-corrected chi connectivity index (χ2v) is 6.22. The molecule has 0 saturated carbocycles. The standard InChI is InChI=1S/C20H16N4O4/c1-11-23-16-8-12(6-7-17(16)28-11)24-18(25)10-22-20(27)14-9-21-15-5-3-2-4-13(15)19(14)26/h2-9H,10H2,1H3,(H,21,26)(H,22,27)(H,24,25). The third-order valence-corrected chi connectivity index (χ3v) is 4.22. The number of amides is 2. The first-order valence-electron chi connectivity index (χ1n) is 8.57. The first-order valence-corrected chi connectivity index (χ1v) is 8.57. The van der Waals surface area contributed by atoms with Crippen LogP contribution in [-0.2, 0) is 4.79 Å². The van der Waals surface area contributed by atoms with Crippen molar-refractivity contribution in [1.82, 2.24) is 15.3 Å². The van der Waals surface area contributed by atoms with Crippen LogP contribution < -0.4 is 16.1 Å². The number of benzene rings is 2. The number of nitrogens with one attached hydrogen (secondary N) is 3. The molecule has 140 valence electrons. The summed E-state index contributed by atoms with van der Waals surface area (Å²) >= 11 is 0. The molecule has 2 amide bonds. The molecule has 28 heavy (non-hydrogen) atoms. The molecule has 4 aromatic rings. The number of aromatic nitrogens is 2. The summed E-state index contributed by atoms with van der Waals surface area (Å²) in [5.74, 6) is -0.513. The van der Waals surface area contributed by atoms with Crippen molar-refractivity contribution in [2.24, 2.45) is 0 Å². The molecule has 8 nitrogen and oxygen atoms in total. The number of rotatable bonds is 4. The quantitative estimate of drug-likeness (QED) is 0.505. The maximum absolute atomic E-state index is 12.4. The Morgan fingerprint density at radius 1 is 1.18 bits per heavy atom. The second kappa shape index (κ2) is 6.99. The van der Waals surface area contributed by atoms with E-state index >= 15 is 0 Å². The van der Waals surface area contributed by atoms with Gasteiger partial charge in [0.1, 0.15) is 11.1 Å². The van der Waals surface area contributed by atoms with E-state index in [9.17, 15) is 14.4 Å². The van der Waals surface area contributed by atoms with Crippen molar-refractivity contribution in [2.45, 2.75) is 6.92 Å². The van der Waals surface area contributed by atoms with Gasteiger partial charge >= 0.3 is 0 Å². The van der Waals surface area contributed by atoms with Crippen LogP contribution >= 0.6 is 0 Å². The van der Waals surface area contributed by atoms with Gasteiger partial charge in [-0.15, -0.1) is 0 Å². The van der Waals surface area contributed by atoms with E-state index in [0.717, 1.165) is 0 Å². The summed E-state index contributed by atoms with van der Waals surface area (Å²) in [6, 6.07) is 12.0. The number of H-pyrrole nitrogens is 1. The van der Waals surface area contributed by atoms with Crippen LogP contribution in [0.25, 0.3) is 22.0 Å². The van der Waals surface area contributed by atoms with Crippen molar-refractivity contribution in [3.05, 3.63) is 70.3 Å². The molecule has 0 radical (unpaired) electrons. The number of aromatic amines is 1. The molecule has 0 atom stereocenters. The molecular formula is C20H16N4O4. The van der Waals surface area contributed by atoms with Crippen LogP contribution in [0.3, 0.4) is 0 Å². The summed E-state index contributed by atoms with van der Waals surface area (Å²) in [7, 11) is 0. The van der Waals surface area contributed by atoms with Crippen LogP contribution in [0.4, 0.5) is 5.69 Å². The minimum absolute atomic E-state index is 0.0500. The molecule has 3 N–H and O–H groups in total. The molecule has 0 bridgehead atoms. The predicted octanol–water partition coefficient (Wildman–Crippen LogP) is 2.35. The predicted molar refractivity (Wildman–Crippen MR) is 104 cm³/mol. The van der Waals surface area contributed by atoms with Crippen molar-refractivity contribution < 1.29 is 14.0 Å². The molecule has 0 unspecified atom stereocenters. The Bertz CT molecular complexity index is 1270. The lowest BCUT2D eigenvalue weighted by atomic mass is 10.1. The highest BCUT2D eigenvalue weighted by molar-refractivity contribution is 6.01. The zero-order valence-corrected chi connectivity index (χ0v) is 14.9. The van der Waals surface area contributed by atoms with E-state index < -0.39 is 11.8 Å². The van der Waals surface area contributed by atoms with Crippen LogP contribution in [0.1, 0.15) is 16.2 Å². The van der Waals surface area contributed by atoms with E-state index in [1.165, 1.54) is 6.20 Å². The molecule has 2 aromatic heterocycles. The van der Waals surface area contributed by atoms with Crippen LogP contribution in [-0.4, -0.2) is 28.3 Å². The fourth-order valence-electron chi connectivity index (χ4n) is 2.92. The number of carbonyl (C=O) groups is 2. The molecule has 2 heterocycles. The molecule has 0 saturated heterocycles. The number of pyridine rings is 1. The Kier molecular flexibility index (Phi) is 4.36. The highest BCUT2D eigenvalue weighted by atomic mass is 16.3. The van der Waals surface area contributed by atoms with Gasteiger partial charge in [0.2, 0.25) is 11.3 Å². The summed E-state index contributed by atoms with van der Waals surface area (Å²) < 4.78 is 5.38. The number of fused-ring (bicyclic) bond motifs is 2. The summed E-state index contributed by atoms with van der Waals surface area (Å²) in [4.78, 5) is 44.0. The number of carbonyl (C=O) groups excluding carboxylic acids is 2. The summed E-state index contributed by atoms with van der Waals surface area (Å²) in [6.07, 6.45) is 1.35. The number of oxazole rings is 1. The summed E-state index contributed by atoms with van der Waals surface area (Å²) in [6.45, 7) is 1.46. The molecule has 0 aliphatic carbocycles. The number of para-hydroxylation sites is 1. The lowest BCUT2D eigenvalue weighted by molar-refractivity contribution is -0.115. The van der Waals surface area contributed by atoms with Crippen molar-refractivity contribution >= 4 is 39.5 Å². The Morgan fingerprint density at radius 2 is 2.00 bits per heavy atom. The molecule has 0 aliphatic rings. The third-order valence-electron chi connectivity index (χ3n) is 4.22. The van der Waals surface area contributed by atoms with Crippen LogP contribution in [0.15, 0.2) is 57.9 Å². The Balaban J connectivity index is 1.43. The Hall–Kier alpha value is -3.94. The average molecular weight is 376 g/mol. The van der Waals surface area contributed by atoms with E-state index in [1.54, 1.807) is 49.4 Å². The average Bonchev–Trinajstić information content (AvgIpc) is 3.06. The minimum Gasteiger partial charge on any atom is -0.441 e. The minimum atomic E-state index is -0.621. The normalized spacial score (nSPS) is 10.9. The SMILES string of the molecule is Cc1nc2cc(NC(=O)CNC(=O)c3c[nH]c4ccccc4c3=O)ccc2o1. The maximum atomic E-state index is 12.4. The monoisotopic (exact) mass is 376 g/mol. The number of anilines is 1. The Labute approximate surface area is 158 Å². The van der Waals surface area contributed by atoms with Crippen molar-refractivity contribution in [3.63, 3.8) is 0 Å². The first kappa shape index (κ1) is 17.5.